The van der Waals surface area contributed by atoms with Crippen LogP contribution in [0.25, 0.3) is 0 Å². The Morgan fingerprint density at radius 2 is 2.19 bits per heavy atom. The first-order valence-corrected chi connectivity index (χ1v) is 6.84. The van der Waals surface area contributed by atoms with Crippen LogP contribution in [0.4, 0.5) is 11.5 Å². The molecule has 2 heterocycles. The van der Waals surface area contributed by atoms with E-state index in [9.17, 15) is 9.59 Å². The molecule has 4 N–H and O–H groups in total. The predicted octanol–water partition coefficient (Wildman–Crippen LogP) is -0.377. The summed E-state index contributed by atoms with van der Waals surface area (Å²) in [6.07, 6.45) is 5.04. The molecule has 0 aromatic carbocycles. The molecule has 9 nitrogen and oxygen atoms in total. The number of hydrogen-bond acceptors (Lipinski definition) is 6. The lowest BCUT2D eigenvalue weighted by Crippen LogP contribution is -2.34. The van der Waals surface area contributed by atoms with E-state index in [1.807, 2.05) is 6.92 Å². The number of nitrogens with two attached hydrogens (primary N) is 1. The highest BCUT2D eigenvalue weighted by atomic mass is 16.2. The molecular weight excluding hydrogens is 274 g/mol. The van der Waals surface area contributed by atoms with Crippen LogP contribution in [0, 0.1) is 0 Å². The van der Waals surface area contributed by atoms with Gasteiger partial charge in [-0.3, -0.25) is 19.0 Å². The second-order valence-electron chi connectivity index (χ2n) is 4.62. The fraction of sp³-hybridized carbons (Fsp3) is 0.500. The van der Waals surface area contributed by atoms with E-state index in [1.165, 1.54) is 4.57 Å². The summed E-state index contributed by atoms with van der Waals surface area (Å²) in [4.78, 5) is 25.9. The third kappa shape index (κ3) is 3.50. The summed E-state index contributed by atoms with van der Waals surface area (Å²) in [5, 5.41) is 10.5. The van der Waals surface area contributed by atoms with E-state index >= 15 is 0 Å². The Morgan fingerprint density at radius 1 is 1.38 bits per heavy atom. The van der Waals surface area contributed by atoms with E-state index in [0.29, 0.717) is 19.6 Å². The lowest BCUT2D eigenvalue weighted by molar-refractivity contribution is 0.599. The molecule has 0 aliphatic heterocycles. The van der Waals surface area contributed by atoms with Gasteiger partial charge in [-0.2, -0.15) is 0 Å². The quantitative estimate of drug-likeness (QED) is 0.639. The molecule has 0 amide bonds. The van der Waals surface area contributed by atoms with Crippen LogP contribution in [0.2, 0.25) is 0 Å². The summed E-state index contributed by atoms with van der Waals surface area (Å²) < 4.78 is 3.01. The molecule has 0 saturated heterocycles. The van der Waals surface area contributed by atoms with Crippen LogP contribution in [0.3, 0.4) is 0 Å². The summed E-state index contributed by atoms with van der Waals surface area (Å²) in [6.45, 7) is 3.48. The van der Waals surface area contributed by atoms with Crippen molar-refractivity contribution in [3.63, 3.8) is 0 Å². The van der Waals surface area contributed by atoms with Gasteiger partial charge in [0.2, 0.25) is 0 Å². The number of anilines is 2. The maximum Gasteiger partial charge on any atom is 0.330 e. The van der Waals surface area contributed by atoms with E-state index in [2.05, 4.69) is 20.6 Å². The highest BCUT2D eigenvalue weighted by Crippen LogP contribution is 2.10. The Kier molecular flexibility index (Phi) is 4.75. The standard InChI is InChI=1S/C12H19N7O2/c1-2-3-6-19-10(13)9(11(20)16-12(19)21)14-4-7-18-8-5-15-17-18/h5,8,14H,2-4,6-7,13H2,1H3,(H,16,20,21). The fourth-order valence-electron chi connectivity index (χ4n) is 1.94. The highest BCUT2D eigenvalue weighted by molar-refractivity contribution is 5.60. The summed E-state index contributed by atoms with van der Waals surface area (Å²) >= 11 is 0. The number of aromatic amines is 1. The summed E-state index contributed by atoms with van der Waals surface area (Å²) in [6, 6.07) is 0. The Labute approximate surface area is 120 Å². The molecular formula is C12H19N7O2. The molecule has 2 aromatic rings. The van der Waals surface area contributed by atoms with E-state index in [1.54, 1.807) is 17.1 Å². The number of nitrogens with zero attached hydrogens (tertiary/aromatic N) is 4. The Balaban J connectivity index is 2.14. The average molecular weight is 293 g/mol. The van der Waals surface area contributed by atoms with Gasteiger partial charge in [-0.25, -0.2) is 4.79 Å². The number of nitrogen functional groups attached to an aromatic ring is 1. The lowest BCUT2D eigenvalue weighted by Gasteiger charge is -2.13. The van der Waals surface area contributed by atoms with Gasteiger partial charge < -0.3 is 11.1 Å². The van der Waals surface area contributed by atoms with E-state index in [0.717, 1.165) is 12.8 Å². The minimum absolute atomic E-state index is 0.163. The van der Waals surface area contributed by atoms with Crippen LogP contribution in [0.1, 0.15) is 19.8 Å². The minimum atomic E-state index is -0.510. The SMILES string of the molecule is CCCCn1c(N)c(NCCn2ccnn2)c(=O)[nH]c1=O. The Hall–Kier alpha value is -2.58. The number of H-pyrrole nitrogens is 1. The molecule has 0 aliphatic carbocycles. The number of unbranched alkanes of at least 4 members (excludes halogenated alkanes) is 1. The molecule has 0 spiro atoms. The monoisotopic (exact) mass is 293 g/mol. The largest absolute Gasteiger partial charge is 0.383 e. The summed E-state index contributed by atoms with van der Waals surface area (Å²) in [5.74, 6) is 0.163. The first-order chi connectivity index (χ1) is 10.1. The Bertz CT molecular complexity index is 687. The van der Waals surface area contributed by atoms with Crippen LogP contribution in [-0.2, 0) is 13.1 Å². The molecule has 0 radical (unpaired) electrons. The van der Waals surface area contributed by atoms with Crippen LogP contribution in [0.15, 0.2) is 22.0 Å². The first kappa shape index (κ1) is 14.8. The number of rotatable bonds is 7. The van der Waals surface area contributed by atoms with Gasteiger partial charge in [0.1, 0.15) is 11.5 Å². The summed E-state index contributed by atoms with van der Waals surface area (Å²) in [5.41, 5.74) is 5.16. The van der Waals surface area contributed by atoms with Crippen molar-refractivity contribution in [2.45, 2.75) is 32.9 Å². The molecule has 0 fully saturated rings. The van der Waals surface area contributed by atoms with Gasteiger partial charge in [0.25, 0.3) is 5.56 Å². The van der Waals surface area contributed by atoms with E-state index < -0.39 is 11.2 Å². The van der Waals surface area contributed by atoms with E-state index in [4.69, 9.17) is 5.73 Å². The van der Waals surface area contributed by atoms with Crippen LogP contribution < -0.4 is 22.3 Å². The molecule has 0 unspecified atom stereocenters. The van der Waals surface area contributed by atoms with Gasteiger partial charge in [-0.1, -0.05) is 18.6 Å². The third-order valence-electron chi connectivity index (χ3n) is 3.09. The van der Waals surface area contributed by atoms with Gasteiger partial charge in [-0.05, 0) is 6.42 Å². The molecule has 9 heteroatoms. The topological polar surface area (TPSA) is 124 Å². The van der Waals surface area contributed by atoms with Crippen molar-refractivity contribution >= 4 is 11.5 Å². The van der Waals surface area contributed by atoms with Crippen LogP contribution >= 0.6 is 0 Å². The number of nitrogens with one attached hydrogen (secondary N) is 2. The lowest BCUT2D eigenvalue weighted by atomic mass is 10.3. The second-order valence-corrected chi connectivity index (χ2v) is 4.62. The smallest absolute Gasteiger partial charge is 0.330 e. The van der Waals surface area contributed by atoms with Crippen LogP contribution in [-0.4, -0.2) is 31.1 Å². The zero-order valence-corrected chi connectivity index (χ0v) is 11.9. The van der Waals surface area contributed by atoms with Gasteiger partial charge in [-0.15, -0.1) is 5.10 Å². The maximum atomic E-state index is 11.8. The molecule has 0 aliphatic rings. The molecule has 2 aromatic heterocycles. The average Bonchev–Trinajstić information content (AvgIpc) is 2.95. The first-order valence-electron chi connectivity index (χ1n) is 6.84. The molecule has 0 atom stereocenters. The van der Waals surface area contributed by atoms with Crippen molar-refractivity contribution < 1.29 is 0 Å². The molecule has 0 bridgehead atoms. The molecule has 114 valence electrons. The van der Waals surface area contributed by atoms with Crippen molar-refractivity contribution in [1.29, 1.82) is 0 Å². The third-order valence-corrected chi connectivity index (χ3v) is 3.09. The summed E-state index contributed by atoms with van der Waals surface area (Å²) in [7, 11) is 0. The molecule has 21 heavy (non-hydrogen) atoms. The van der Waals surface area contributed by atoms with Gasteiger partial charge in [0.15, 0.2) is 0 Å². The minimum Gasteiger partial charge on any atom is -0.383 e. The number of hydrogen-bond donors (Lipinski definition) is 3. The van der Waals surface area contributed by atoms with Gasteiger partial charge in [0.05, 0.1) is 12.7 Å². The van der Waals surface area contributed by atoms with Gasteiger partial charge in [0, 0.05) is 19.3 Å². The Morgan fingerprint density at radius 3 is 2.86 bits per heavy atom. The van der Waals surface area contributed by atoms with Crippen molar-refractivity contribution in [1.82, 2.24) is 24.5 Å². The van der Waals surface area contributed by atoms with Crippen molar-refractivity contribution in [2.24, 2.45) is 0 Å². The molecule has 2 rings (SSSR count). The van der Waals surface area contributed by atoms with E-state index in [-0.39, 0.29) is 11.5 Å². The zero-order chi connectivity index (χ0) is 15.2. The van der Waals surface area contributed by atoms with Gasteiger partial charge >= 0.3 is 5.69 Å². The number of aromatic nitrogens is 5. The van der Waals surface area contributed by atoms with Crippen LogP contribution in [0.5, 0.6) is 0 Å². The predicted molar refractivity (Wildman–Crippen MR) is 79.2 cm³/mol. The van der Waals surface area contributed by atoms with Crippen molar-refractivity contribution in [2.75, 3.05) is 17.6 Å². The maximum absolute atomic E-state index is 11.8. The van der Waals surface area contributed by atoms with Crippen molar-refractivity contribution in [3.05, 3.63) is 33.2 Å². The zero-order valence-electron chi connectivity index (χ0n) is 11.9. The van der Waals surface area contributed by atoms with Crippen molar-refractivity contribution in [3.8, 4) is 0 Å². The fourth-order valence-corrected chi connectivity index (χ4v) is 1.94. The normalized spacial score (nSPS) is 10.7. The highest BCUT2D eigenvalue weighted by Gasteiger charge is 2.11. The molecule has 0 saturated carbocycles. The second kappa shape index (κ2) is 6.73.